The Morgan fingerprint density at radius 3 is 2.63 bits per heavy atom. The minimum Gasteiger partial charge on any atom is -0.504 e. The van der Waals surface area contributed by atoms with Gasteiger partial charge in [-0.05, 0) is 48.1 Å². The summed E-state index contributed by atoms with van der Waals surface area (Å²) in [5, 5.41) is 34.9. The summed E-state index contributed by atoms with van der Waals surface area (Å²) in [6, 6.07) is 10.1. The van der Waals surface area contributed by atoms with E-state index in [0.717, 1.165) is 16.8 Å². The van der Waals surface area contributed by atoms with Crippen molar-refractivity contribution in [2.45, 2.75) is 0 Å². The number of benzene rings is 2. The van der Waals surface area contributed by atoms with E-state index in [2.05, 4.69) is 5.10 Å². The number of amides is 1. The van der Waals surface area contributed by atoms with Gasteiger partial charge in [0.05, 0.1) is 21.6 Å². The molecule has 136 valence electrons. The first kappa shape index (κ1) is 18.5. The molecule has 1 aliphatic rings. The van der Waals surface area contributed by atoms with Crippen LogP contribution >= 0.6 is 24.0 Å². The summed E-state index contributed by atoms with van der Waals surface area (Å²) < 4.78 is 0.170. The zero-order chi connectivity index (χ0) is 19.6. The zero-order valence-electron chi connectivity index (χ0n) is 13.5. The number of phenols is 2. The number of nitrogens with zero attached hydrogens (tertiary/aromatic N) is 3. The maximum atomic E-state index is 12.5. The molecule has 3 rings (SSSR count). The standard InChI is InChI=1S/C17H11N3O5S2/c21-13-6-5-10(7-14(13)22)9-18-19-16(23)15(27-17(19)26)8-11-3-1-2-4-12(11)20(24)25/h1-9,21-22H/b15-8+,18-9+. The Bertz CT molecular complexity index is 1020. The van der Waals surface area contributed by atoms with Gasteiger partial charge in [0, 0.05) is 6.07 Å². The molecule has 2 aromatic carbocycles. The fourth-order valence-electron chi connectivity index (χ4n) is 2.22. The quantitative estimate of drug-likeness (QED) is 0.202. The molecule has 2 aromatic rings. The third-order valence-corrected chi connectivity index (χ3v) is 4.80. The topological polar surface area (TPSA) is 116 Å². The Labute approximate surface area is 162 Å². The minimum atomic E-state index is -0.526. The Balaban J connectivity index is 1.86. The minimum absolute atomic E-state index is 0.120. The highest BCUT2D eigenvalue weighted by atomic mass is 32.2. The van der Waals surface area contributed by atoms with Gasteiger partial charge in [-0.1, -0.05) is 23.9 Å². The molecule has 0 bridgehead atoms. The lowest BCUT2D eigenvalue weighted by Gasteiger charge is -2.06. The van der Waals surface area contributed by atoms with E-state index in [-0.39, 0.29) is 32.0 Å². The van der Waals surface area contributed by atoms with E-state index in [1.807, 2.05) is 0 Å². The van der Waals surface area contributed by atoms with E-state index in [9.17, 15) is 25.1 Å². The van der Waals surface area contributed by atoms with Crippen LogP contribution in [0.25, 0.3) is 6.08 Å². The van der Waals surface area contributed by atoms with Gasteiger partial charge < -0.3 is 10.2 Å². The predicted octanol–water partition coefficient (Wildman–Crippen LogP) is 3.24. The number of rotatable bonds is 4. The van der Waals surface area contributed by atoms with E-state index in [1.54, 1.807) is 6.07 Å². The second kappa shape index (κ2) is 7.56. The Morgan fingerprint density at radius 1 is 1.19 bits per heavy atom. The maximum absolute atomic E-state index is 12.5. The van der Waals surface area contributed by atoms with Gasteiger partial charge in [-0.2, -0.15) is 10.1 Å². The molecular weight excluding hydrogens is 390 g/mol. The summed E-state index contributed by atoms with van der Waals surface area (Å²) in [5.41, 5.74) is 0.614. The molecule has 0 radical (unpaired) electrons. The van der Waals surface area contributed by atoms with Gasteiger partial charge in [0.15, 0.2) is 15.8 Å². The SMILES string of the molecule is O=C1/C(=C\c2ccccc2[N+](=O)[O-])SC(=S)N1/N=C/c1ccc(O)c(O)c1. The van der Waals surface area contributed by atoms with Crippen molar-refractivity contribution in [1.29, 1.82) is 0 Å². The van der Waals surface area contributed by atoms with Crippen LogP contribution < -0.4 is 0 Å². The molecule has 0 saturated carbocycles. The first-order valence-corrected chi connectivity index (χ1v) is 8.66. The highest BCUT2D eigenvalue weighted by molar-refractivity contribution is 8.26. The molecule has 0 atom stereocenters. The molecular formula is C17H11N3O5S2. The number of thioether (sulfide) groups is 1. The van der Waals surface area contributed by atoms with Gasteiger partial charge in [0.25, 0.3) is 11.6 Å². The second-order valence-electron chi connectivity index (χ2n) is 5.30. The molecule has 2 N–H and O–H groups in total. The van der Waals surface area contributed by atoms with Gasteiger partial charge >= 0.3 is 0 Å². The van der Waals surface area contributed by atoms with Crippen LogP contribution in [-0.4, -0.2) is 36.6 Å². The van der Waals surface area contributed by atoms with Crippen molar-refractivity contribution in [3.63, 3.8) is 0 Å². The Hall–Kier alpha value is -3.24. The van der Waals surface area contributed by atoms with Crippen molar-refractivity contribution in [2.24, 2.45) is 5.10 Å². The lowest BCUT2D eigenvalue weighted by molar-refractivity contribution is -0.385. The number of aromatic hydroxyl groups is 2. The van der Waals surface area contributed by atoms with Crippen LogP contribution in [0.1, 0.15) is 11.1 Å². The first-order chi connectivity index (χ1) is 12.9. The van der Waals surface area contributed by atoms with E-state index < -0.39 is 10.8 Å². The molecule has 1 saturated heterocycles. The normalized spacial score (nSPS) is 15.9. The van der Waals surface area contributed by atoms with Crippen molar-refractivity contribution in [3.8, 4) is 11.5 Å². The molecule has 0 spiro atoms. The number of hydrazone groups is 1. The van der Waals surface area contributed by atoms with Gasteiger partial charge in [0.2, 0.25) is 0 Å². The molecule has 1 amide bonds. The third kappa shape index (κ3) is 3.96. The molecule has 1 aliphatic heterocycles. The molecule has 0 aromatic heterocycles. The first-order valence-electron chi connectivity index (χ1n) is 7.44. The van der Waals surface area contributed by atoms with Crippen LogP contribution in [0, 0.1) is 10.1 Å². The largest absolute Gasteiger partial charge is 0.504 e. The molecule has 1 heterocycles. The summed E-state index contributed by atoms with van der Waals surface area (Å²) in [5.74, 6) is -1.10. The van der Waals surface area contributed by atoms with Crippen LogP contribution in [0.4, 0.5) is 5.69 Å². The summed E-state index contributed by atoms with van der Waals surface area (Å²) in [4.78, 5) is 23.3. The van der Waals surface area contributed by atoms with Crippen molar-refractivity contribution in [2.75, 3.05) is 0 Å². The lowest BCUT2D eigenvalue weighted by Crippen LogP contribution is -2.22. The van der Waals surface area contributed by atoms with E-state index in [0.29, 0.717) is 5.56 Å². The summed E-state index contributed by atoms with van der Waals surface area (Å²) in [6.07, 6.45) is 2.71. The van der Waals surface area contributed by atoms with Crippen LogP contribution in [-0.2, 0) is 4.79 Å². The number of thiocarbonyl (C=S) groups is 1. The maximum Gasteiger partial charge on any atom is 0.286 e. The van der Waals surface area contributed by atoms with E-state index in [4.69, 9.17) is 12.2 Å². The number of hydrogen-bond donors (Lipinski definition) is 2. The monoisotopic (exact) mass is 401 g/mol. The van der Waals surface area contributed by atoms with Crippen LogP contribution in [0.2, 0.25) is 0 Å². The summed E-state index contributed by atoms with van der Waals surface area (Å²) >= 11 is 6.13. The average Bonchev–Trinajstić information content (AvgIpc) is 2.89. The predicted molar refractivity (Wildman–Crippen MR) is 105 cm³/mol. The van der Waals surface area contributed by atoms with Crippen molar-refractivity contribution in [3.05, 3.63) is 68.6 Å². The molecule has 1 fully saturated rings. The van der Waals surface area contributed by atoms with Crippen molar-refractivity contribution < 1.29 is 19.9 Å². The van der Waals surface area contributed by atoms with Gasteiger partial charge in [-0.15, -0.1) is 0 Å². The second-order valence-corrected chi connectivity index (χ2v) is 6.98. The van der Waals surface area contributed by atoms with Gasteiger partial charge in [-0.3, -0.25) is 14.9 Å². The van der Waals surface area contributed by atoms with Gasteiger partial charge in [-0.25, -0.2) is 0 Å². The summed E-state index contributed by atoms with van der Waals surface area (Å²) in [6.45, 7) is 0. The molecule has 8 nitrogen and oxygen atoms in total. The molecule has 10 heteroatoms. The molecule has 0 unspecified atom stereocenters. The number of nitro benzene ring substituents is 1. The zero-order valence-corrected chi connectivity index (χ0v) is 15.1. The summed E-state index contributed by atoms with van der Waals surface area (Å²) in [7, 11) is 0. The Morgan fingerprint density at radius 2 is 1.93 bits per heavy atom. The number of phenolic OH excluding ortho intramolecular Hbond substituents is 2. The van der Waals surface area contributed by atoms with Crippen molar-refractivity contribution >= 4 is 52.2 Å². The fraction of sp³-hybridized carbons (Fsp3) is 0. The number of hydrogen-bond acceptors (Lipinski definition) is 8. The average molecular weight is 401 g/mol. The van der Waals surface area contributed by atoms with Crippen molar-refractivity contribution in [1.82, 2.24) is 5.01 Å². The highest BCUT2D eigenvalue weighted by Crippen LogP contribution is 2.34. The Kier molecular flexibility index (Phi) is 5.19. The van der Waals surface area contributed by atoms with E-state index in [1.165, 1.54) is 48.7 Å². The van der Waals surface area contributed by atoms with Crippen LogP contribution in [0.15, 0.2) is 52.5 Å². The number of para-hydroxylation sites is 1. The lowest BCUT2D eigenvalue weighted by atomic mass is 10.1. The number of nitro groups is 1. The van der Waals surface area contributed by atoms with Crippen LogP contribution in [0.5, 0.6) is 11.5 Å². The third-order valence-electron chi connectivity index (χ3n) is 3.52. The number of carbonyl (C=O) groups excluding carboxylic acids is 1. The number of carbonyl (C=O) groups is 1. The fourth-order valence-corrected chi connectivity index (χ4v) is 3.38. The molecule has 27 heavy (non-hydrogen) atoms. The van der Waals surface area contributed by atoms with Crippen LogP contribution in [0.3, 0.4) is 0 Å². The highest BCUT2D eigenvalue weighted by Gasteiger charge is 2.32. The smallest absolute Gasteiger partial charge is 0.286 e. The van der Waals surface area contributed by atoms with Gasteiger partial charge in [0.1, 0.15) is 0 Å². The molecule has 0 aliphatic carbocycles. The van der Waals surface area contributed by atoms with E-state index >= 15 is 0 Å².